The molecule has 4 nitrogen and oxygen atoms in total. The summed E-state index contributed by atoms with van der Waals surface area (Å²) in [4.78, 5) is 4.15. The average Bonchev–Trinajstić information content (AvgIpc) is 3.14. The highest BCUT2D eigenvalue weighted by molar-refractivity contribution is 14.0. The second-order valence-electron chi connectivity index (χ2n) is 5.78. The van der Waals surface area contributed by atoms with E-state index in [1.54, 1.807) is 36.6 Å². The van der Waals surface area contributed by atoms with E-state index in [2.05, 4.69) is 34.0 Å². The number of nitrogens with zero attached hydrogens (tertiary/aromatic N) is 1. The molecular weight excluding hydrogens is 490 g/mol. The Balaban J connectivity index is 0.00000364. The van der Waals surface area contributed by atoms with Crippen molar-refractivity contribution in [3.8, 4) is 5.75 Å². The predicted molar refractivity (Wildman–Crippen MR) is 114 cm³/mol. The van der Waals surface area contributed by atoms with Gasteiger partial charge < -0.3 is 15.4 Å². The van der Waals surface area contributed by atoms with Crippen LogP contribution in [0, 0.1) is 0 Å². The molecule has 1 unspecified atom stereocenters. The summed E-state index contributed by atoms with van der Waals surface area (Å²) in [5, 5.41) is 10.5. The van der Waals surface area contributed by atoms with Crippen LogP contribution >= 0.6 is 35.3 Å². The molecule has 9 heteroatoms. The van der Waals surface area contributed by atoms with Gasteiger partial charge in [-0.3, -0.25) is 4.99 Å². The van der Waals surface area contributed by atoms with Crippen molar-refractivity contribution in [2.75, 3.05) is 20.2 Å². The first-order valence-corrected chi connectivity index (χ1v) is 9.07. The Hall–Kier alpha value is -1.49. The molecule has 0 saturated heterocycles. The molecule has 0 aliphatic rings. The van der Waals surface area contributed by atoms with Crippen LogP contribution in [-0.4, -0.2) is 32.3 Å². The standard InChI is InChI=1S/C18H22F3N3OS.HI/c1-13(15-7-8-26-11-15)9-23-17(22-2)24-10-14-5-3-4-6-16(14)25-12-18(19,20)21;/h3-8,11,13H,9-10,12H2,1-2H3,(H2,22,23,24);1H. The van der Waals surface area contributed by atoms with Gasteiger partial charge in [0.05, 0.1) is 0 Å². The van der Waals surface area contributed by atoms with Gasteiger partial charge in [-0.1, -0.05) is 25.1 Å². The Morgan fingerprint density at radius 2 is 1.96 bits per heavy atom. The highest BCUT2D eigenvalue weighted by Gasteiger charge is 2.28. The summed E-state index contributed by atoms with van der Waals surface area (Å²) in [7, 11) is 1.65. The molecule has 1 heterocycles. The van der Waals surface area contributed by atoms with Gasteiger partial charge in [-0.25, -0.2) is 0 Å². The number of hydrogen-bond donors (Lipinski definition) is 2. The third kappa shape index (κ3) is 8.37. The normalized spacial score (nSPS) is 12.9. The van der Waals surface area contributed by atoms with Crippen LogP contribution < -0.4 is 15.4 Å². The Labute approximate surface area is 178 Å². The summed E-state index contributed by atoms with van der Waals surface area (Å²) in [6.45, 7) is 1.81. The minimum Gasteiger partial charge on any atom is -0.484 e. The van der Waals surface area contributed by atoms with E-state index in [0.29, 0.717) is 30.5 Å². The fraction of sp³-hybridized carbons (Fsp3) is 0.389. The number of guanidine groups is 1. The molecule has 2 N–H and O–H groups in total. The average molecular weight is 513 g/mol. The molecule has 2 aromatic rings. The molecule has 0 radical (unpaired) electrons. The van der Waals surface area contributed by atoms with E-state index >= 15 is 0 Å². The third-order valence-electron chi connectivity index (χ3n) is 3.72. The van der Waals surface area contributed by atoms with E-state index in [1.807, 2.05) is 5.38 Å². The van der Waals surface area contributed by atoms with Crippen LogP contribution in [0.3, 0.4) is 0 Å². The Morgan fingerprint density at radius 3 is 2.59 bits per heavy atom. The van der Waals surface area contributed by atoms with Crippen LogP contribution in [0.25, 0.3) is 0 Å². The van der Waals surface area contributed by atoms with Gasteiger partial charge >= 0.3 is 6.18 Å². The molecule has 2 rings (SSSR count). The molecule has 27 heavy (non-hydrogen) atoms. The molecule has 1 atom stereocenters. The summed E-state index contributed by atoms with van der Waals surface area (Å²) < 4.78 is 42.0. The number of halogens is 4. The van der Waals surface area contributed by atoms with Crippen LogP contribution in [-0.2, 0) is 6.54 Å². The maximum atomic E-state index is 12.4. The van der Waals surface area contributed by atoms with E-state index in [1.165, 1.54) is 11.6 Å². The SMILES string of the molecule is CN=C(NCc1ccccc1OCC(F)(F)F)NCC(C)c1ccsc1.I. The Morgan fingerprint density at radius 1 is 1.22 bits per heavy atom. The van der Waals surface area contributed by atoms with Gasteiger partial charge in [-0.2, -0.15) is 24.5 Å². The van der Waals surface area contributed by atoms with Gasteiger partial charge in [0.15, 0.2) is 12.6 Å². The van der Waals surface area contributed by atoms with Crippen molar-refractivity contribution in [2.24, 2.45) is 4.99 Å². The highest BCUT2D eigenvalue weighted by Crippen LogP contribution is 2.22. The second kappa shape index (κ2) is 11.4. The topological polar surface area (TPSA) is 45.7 Å². The number of benzene rings is 1. The molecular formula is C18H23F3IN3OS. The van der Waals surface area contributed by atoms with E-state index in [-0.39, 0.29) is 29.7 Å². The quantitative estimate of drug-likeness (QED) is 0.319. The summed E-state index contributed by atoms with van der Waals surface area (Å²) >= 11 is 1.66. The lowest BCUT2D eigenvalue weighted by Gasteiger charge is -2.17. The number of alkyl halides is 3. The van der Waals surface area contributed by atoms with Crippen molar-refractivity contribution in [3.63, 3.8) is 0 Å². The lowest BCUT2D eigenvalue weighted by molar-refractivity contribution is -0.153. The van der Waals surface area contributed by atoms with Crippen molar-refractivity contribution in [1.29, 1.82) is 0 Å². The third-order valence-corrected chi connectivity index (χ3v) is 4.42. The maximum absolute atomic E-state index is 12.4. The van der Waals surface area contributed by atoms with Crippen molar-refractivity contribution >= 4 is 41.3 Å². The number of nitrogens with one attached hydrogen (secondary N) is 2. The van der Waals surface area contributed by atoms with Gasteiger partial charge in [0.2, 0.25) is 0 Å². The van der Waals surface area contributed by atoms with Crippen LogP contribution in [0.4, 0.5) is 13.2 Å². The van der Waals surface area contributed by atoms with Gasteiger partial charge in [-0.05, 0) is 34.4 Å². The predicted octanol–water partition coefficient (Wildman–Crippen LogP) is 4.78. The smallest absolute Gasteiger partial charge is 0.422 e. The number of thiophene rings is 1. The van der Waals surface area contributed by atoms with Crippen LogP contribution in [0.15, 0.2) is 46.1 Å². The zero-order valence-electron chi connectivity index (χ0n) is 15.0. The van der Waals surface area contributed by atoms with E-state index < -0.39 is 12.8 Å². The number of aliphatic imine (C=N–C) groups is 1. The molecule has 0 bridgehead atoms. The van der Waals surface area contributed by atoms with Crippen LogP contribution in [0.1, 0.15) is 24.0 Å². The van der Waals surface area contributed by atoms with Gasteiger partial charge in [-0.15, -0.1) is 24.0 Å². The number of hydrogen-bond acceptors (Lipinski definition) is 3. The zero-order chi connectivity index (χ0) is 19.0. The summed E-state index contributed by atoms with van der Waals surface area (Å²) in [5.41, 5.74) is 1.88. The van der Waals surface area contributed by atoms with E-state index in [9.17, 15) is 13.2 Å². The number of para-hydroxylation sites is 1. The number of ether oxygens (including phenoxy) is 1. The van der Waals surface area contributed by atoms with Crippen molar-refractivity contribution in [2.45, 2.75) is 25.6 Å². The summed E-state index contributed by atoms with van der Waals surface area (Å²) in [6.07, 6.45) is -4.37. The first kappa shape index (κ1) is 23.5. The van der Waals surface area contributed by atoms with Crippen molar-refractivity contribution < 1.29 is 17.9 Å². The summed E-state index contributed by atoms with van der Waals surface area (Å²) in [6, 6.07) is 8.73. The highest BCUT2D eigenvalue weighted by atomic mass is 127. The van der Waals surface area contributed by atoms with Crippen LogP contribution in [0.5, 0.6) is 5.75 Å². The fourth-order valence-corrected chi connectivity index (χ4v) is 3.06. The molecule has 150 valence electrons. The minimum atomic E-state index is -4.37. The van der Waals surface area contributed by atoms with E-state index in [0.717, 1.165) is 0 Å². The molecule has 1 aromatic heterocycles. The maximum Gasteiger partial charge on any atom is 0.422 e. The lowest BCUT2D eigenvalue weighted by atomic mass is 10.1. The van der Waals surface area contributed by atoms with Gasteiger partial charge in [0, 0.05) is 25.7 Å². The monoisotopic (exact) mass is 513 g/mol. The zero-order valence-corrected chi connectivity index (χ0v) is 18.2. The molecule has 0 aliphatic carbocycles. The van der Waals surface area contributed by atoms with Gasteiger partial charge in [0.25, 0.3) is 0 Å². The fourth-order valence-electron chi connectivity index (χ4n) is 2.27. The number of rotatable bonds is 7. The molecule has 0 fully saturated rings. The Kier molecular flexibility index (Phi) is 9.92. The first-order valence-electron chi connectivity index (χ1n) is 8.13. The molecule has 0 amide bonds. The Bertz CT molecular complexity index is 708. The lowest BCUT2D eigenvalue weighted by Crippen LogP contribution is -2.38. The second-order valence-corrected chi connectivity index (χ2v) is 6.56. The van der Waals surface area contributed by atoms with Crippen LogP contribution in [0.2, 0.25) is 0 Å². The minimum absolute atomic E-state index is 0. The van der Waals surface area contributed by atoms with Gasteiger partial charge in [0.1, 0.15) is 5.75 Å². The largest absolute Gasteiger partial charge is 0.484 e. The molecule has 0 spiro atoms. The van der Waals surface area contributed by atoms with Crippen molar-refractivity contribution in [3.05, 3.63) is 52.2 Å². The molecule has 0 saturated carbocycles. The first-order chi connectivity index (χ1) is 12.4. The molecule has 1 aromatic carbocycles. The molecule has 0 aliphatic heterocycles. The van der Waals surface area contributed by atoms with Crippen molar-refractivity contribution in [1.82, 2.24) is 10.6 Å². The van der Waals surface area contributed by atoms with E-state index in [4.69, 9.17) is 4.74 Å². The summed E-state index contributed by atoms with van der Waals surface area (Å²) in [5.74, 6) is 1.11.